The summed E-state index contributed by atoms with van der Waals surface area (Å²) in [6.07, 6.45) is 4.94. The monoisotopic (exact) mass is 334 g/mol. The largest absolute Gasteiger partial charge is 0.396 e. The van der Waals surface area contributed by atoms with Crippen LogP contribution in [0.2, 0.25) is 0 Å². The van der Waals surface area contributed by atoms with Crippen molar-refractivity contribution >= 4 is 17.4 Å². The van der Waals surface area contributed by atoms with E-state index in [9.17, 15) is 5.11 Å². The smallest absolute Gasteiger partial charge is 0.176 e. The summed E-state index contributed by atoms with van der Waals surface area (Å²) in [7, 11) is -0.864. The predicted molar refractivity (Wildman–Crippen MR) is 83.4 cm³/mol. The highest BCUT2D eigenvalue weighted by Crippen LogP contribution is 2.60. The molecule has 0 aromatic carbocycles. The van der Waals surface area contributed by atoms with Crippen LogP contribution in [-0.2, 0) is 18.1 Å². The molecule has 0 amide bonds. The van der Waals surface area contributed by atoms with Crippen molar-refractivity contribution in [3.05, 3.63) is 12.2 Å². The highest BCUT2D eigenvalue weighted by atomic mass is 31.2. The van der Waals surface area contributed by atoms with Crippen molar-refractivity contribution in [3.63, 3.8) is 0 Å². The SMILES string of the molecule is CC(C)(C)P1OCC2(C=CCC3(CO)COPOC23)CO1. The second-order valence-corrected chi connectivity index (χ2v) is 10.3. The Bertz CT molecular complexity index is 414. The molecule has 7 heteroatoms. The van der Waals surface area contributed by atoms with Crippen LogP contribution in [0.5, 0.6) is 0 Å². The second kappa shape index (κ2) is 5.79. The molecule has 1 spiro atoms. The van der Waals surface area contributed by atoms with Crippen LogP contribution in [0.1, 0.15) is 27.2 Å². The first-order valence-electron chi connectivity index (χ1n) is 7.29. The van der Waals surface area contributed by atoms with Gasteiger partial charge in [0.05, 0.1) is 37.9 Å². The van der Waals surface area contributed by atoms with E-state index in [4.69, 9.17) is 18.1 Å². The van der Waals surface area contributed by atoms with Gasteiger partial charge in [-0.1, -0.05) is 32.9 Å². The molecular weight excluding hydrogens is 310 g/mol. The van der Waals surface area contributed by atoms with Crippen LogP contribution in [0.15, 0.2) is 12.2 Å². The van der Waals surface area contributed by atoms with Gasteiger partial charge in [0.25, 0.3) is 0 Å². The lowest BCUT2D eigenvalue weighted by atomic mass is 9.64. The third-order valence-electron chi connectivity index (χ3n) is 4.40. The molecule has 21 heavy (non-hydrogen) atoms. The van der Waals surface area contributed by atoms with E-state index in [1.54, 1.807) is 0 Å². The summed E-state index contributed by atoms with van der Waals surface area (Å²) in [6.45, 7) is 8.18. The number of allylic oxidation sites excluding steroid dienone is 1. The average Bonchev–Trinajstić information content (AvgIpc) is 2.47. The zero-order valence-electron chi connectivity index (χ0n) is 12.8. The minimum Gasteiger partial charge on any atom is -0.396 e. The van der Waals surface area contributed by atoms with E-state index >= 15 is 0 Å². The number of hydrogen-bond acceptors (Lipinski definition) is 5. The summed E-state index contributed by atoms with van der Waals surface area (Å²) in [5.74, 6) is 0. The Morgan fingerprint density at radius 1 is 1.29 bits per heavy atom. The van der Waals surface area contributed by atoms with E-state index < -0.39 is 8.38 Å². The normalized spacial score (nSPS) is 45.0. The van der Waals surface area contributed by atoms with E-state index in [0.29, 0.717) is 19.8 Å². The van der Waals surface area contributed by atoms with Gasteiger partial charge in [0.15, 0.2) is 17.4 Å². The van der Waals surface area contributed by atoms with Gasteiger partial charge in [0, 0.05) is 10.6 Å². The Morgan fingerprint density at radius 3 is 2.62 bits per heavy atom. The van der Waals surface area contributed by atoms with Gasteiger partial charge in [-0.2, -0.15) is 0 Å². The molecule has 1 aliphatic carbocycles. The fraction of sp³-hybridized carbons (Fsp3) is 0.857. The summed E-state index contributed by atoms with van der Waals surface area (Å²) in [5, 5.41) is 9.92. The first kappa shape index (κ1) is 16.3. The fourth-order valence-corrected chi connectivity index (χ4v) is 5.79. The molecule has 0 bridgehead atoms. The number of hydrogen-bond donors (Lipinski definition) is 1. The standard InChI is InChI=1S/C14H24O5P2/c1-12(2,3)21-17-9-14(10-18-21)6-4-5-13(7-15)8-16-20-19-11(13)14/h4,6,11,15,20H,5,7-10H2,1-3H3. The minimum absolute atomic E-state index is 0.0156. The summed E-state index contributed by atoms with van der Waals surface area (Å²) in [4.78, 5) is 0. The van der Waals surface area contributed by atoms with Crippen molar-refractivity contribution in [1.82, 2.24) is 0 Å². The molecule has 5 nitrogen and oxygen atoms in total. The highest BCUT2D eigenvalue weighted by Gasteiger charge is 2.57. The van der Waals surface area contributed by atoms with Gasteiger partial charge in [-0.15, -0.1) is 0 Å². The first-order valence-corrected chi connectivity index (χ1v) is 9.28. The maximum Gasteiger partial charge on any atom is 0.176 e. The molecule has 120 valence electrons. The van der Waals surface area contributed by atoms with Crippen molar-refractivity contribution in [2.75, 3.05) is 26.4 Å². The van der Waals surface area contributed by atoms with E-state index in [1.165, 1.54) is 0 Å². The number of aliphatic hydroxyl groups excluding tert-OH is 1. The maximum atomic E-state index is 9.90. The van der Waals surface area contributed by atoms with Gasteiger partial charge in [-0.25, -0.2) is 0 Å². The molecule has 3 unspecified atom stereocenters. The lowest BCUT2D eigenvalue weighted by molar-refractivity contribution is -0.137. The van der Waals surface area contributed by atoms with Gasteiger partial charge in [0.1, 0.15) is 0 Å². The van der Waals surface area contributed by atoms with Gasteiger partial charge >= 0.3 is 0 Å². The molecule has 0 saturated carbocycles. The fourth-order valence-electron chi connectivity index (χ4n) is 3.23. The Labute approximate surface area is 129 Å². The van der Waals surface area contributed by atoms with Crippen LogP contribution >= 0.6 is 17.4 Å². The first-order chi connectivity index (χ1) is 9.92. The number of rotatable bonds is 1. The third-order valence-corrected chi connectivity index (χ3v) is 6.82. The summed E-state index contributed by atoms with van der Waals surface area (Å²) >= 11 is 0. The summed E-state index contributed by atoms with van der Waals surface area (Å²) in [5.41, 5.74) is -0.670. The van der Waals surface area contributed by atoms with Crippen molar-refractivity contribution in [3.8, 4) is 0 Å². The third kappa shape index (κ3) is 2.83. The van der Waals surface area contributed by atoms with Crippen molar-refractivity contribution < 1.29 is 23.2 Å². The minimum atomic E-state index is -0.890. The van der Waals surface area contributed by atoms with Crippen molar-refractivity contribution in [1.29, 1.82) is 0 Å². The van der Waals surface area contributed by atoms with Crippen LogP contribution in [0.3, 0.4) is 0 Å². The number of aliphatic hydroxyl groups is 1. The molecule has 2 saturated heterocycles. The molecule has 2 aliphatic heterocycles. The lowest BCUT2D eigenvalue weighted by Crippen LogP contribution is -2.59. The molecule has 3 atom stereocenters. The van der Waals surface area contributed by atoms with Gasteiger partial charge in [-0.3, -0.25) is 0 Å². The molecule has 2 fully saturated rings. The van der Waals surface area contributed by atoms with Gasteiger partial charge in [-0.05, 0) is 6.42 Å². The predicted octanol–water partition coefficient (Wildman–Crippen LogP) is 2.99. The van der Waals surface area contributed by atoms with Gasteiger partial charge < -0.3 is 23.2 Å². The Kier molecular flexibility index (Phi) is 4.49. The zero-order chi connectivity index (χ0) is 15.1. The maximum absolute atomic E-state index is 9.90. The van der Waals surface area contributed by atoms with Crippen LogP contribution < -0.4 is 0 Å². The van der Waals surface area contributed by atoms with Crippen LogP contribution in [0.25, 0.3) is 0 Å². The lowest BCUT2D eigenvalue weighted by Gasteiger charge is -2.54. The average molecular weight is 334 g/mol. The molecule has 0 aromatic rings. The van der Waals surface area contributed by atoms with Gasteiger partial charge in [0.2, 0.25) is 0 Å². The molecule has 3 aliphatic rings. The summed E-state index contributed by atoms with van der Waals surface area (Å²) in [6, 6.07) is 0. The van der Waals surface area contributed by atoms with E-state index in [0.717, 1.165) is 6.42 Å². The molecule has 0 radical (unpaired) electrons. The van der Waals surface area contributed by atoms with E-state index in [-0.39, 0.29) is 37.7 Å². The summed E-state index contributed by atoms with van der Waals surface area (Å²) < 4.78 is 23.5. The molecule has 3 rings (SSSR count). The number of fused-ring (bicyclic) bond motifs is 2. The highest BCUT2D eigenvalue weighted by molar-refractivity contribution is 7.49. The second-order valence-electron chi connectivity index (χ2n) is 7.20. The van der Waals surface area contributed by atoms with Crippen molar-refractivity contribution in [2.24, 2.45) is 10.8 Å². The molecule has 2 heterocycles. The molecule has 1 N–H and O–H groups in total. The topological polar surface area (TPSA) is 57.2 Å². The molecule has 0 aromatic heterocycles. The van der Waals surface area contributed by atoms with Crippen molar-refractivity contribution in [2.45, 2.75) is 38.5 Å². The van der Waals surface area contributed by atoms with E-state index in [2.05, 4.69) is 32.9 Å². The zero-order valence-corrected chi connectivity index (χ0v) is 14.7. The van der Waals surface area contributed by atoms with E-state index in [1.807, 2.05) is 0 Å². The van der Waals surface area contributed by atoms with Crippen LogP contribution in [0.4, 0.5) is 0 Å². The molecular formula is C14H24O5P2. The Morgan fingerprint density at radius 2 is 2.00 bits per heavy atom. The van der Waals surface area contributed by atoms with Crippen LogP contribution in [-0.4, -0.2) is 42.8 Å². The van der Waals surface area contributed by atoms with Crippen LogP contribution in [0, 0.1) is 10.8 Å². The quantitative estimate of drug-likeness (QED) is 0.590. The Hall–Kier alpha value is 0.400. The Balaban J connectivity index is 1.82.